The summed E-state index contributed by atoms with van der Waals surface area (Å²) in [6.07, 6.45) is -3.74. The maximum Gasteiger partial charge on any atom is 0.427 e. The summed E-state index contributed by atoms with van der Waals surface area (Å²) in [5.41, 5.74) is 0.931. The summed E-state index contributed by atoms with van der Waals surface area (Å²) >= 11 is 3.21. The Morgan fingerprint density at radius 3 is 2.21 bits per heavy atom. The van der Waals surface area contributed by atoms with Crippen LogP contribution in [-0.2, 0) is 5.33 Å². The van der Waals surface area contributed by atoms with Gasteiger partial charge in [0, 0.05) is 5.33 Å². The number of hydrogen-bond acceptors (Lipinski definition) is 1. The van der Waals surface area contributed by atoms with Gasteiger partial charge < -0.3 is 4.74 Å². The lowest BCUT2D eigenvalue weighted by molar-refractivity contribution is -0.186. The van der Waals surface area contributed by atoms with Crippen LogP contribution in [0.25, 0.3) is 0 Å². The molecule has 0 aromatic heterocycles. The Morgan fingerprint density at radius 1 is 1.21 bits per heavy atom. The highest BCUT2D eigenvalue weighted by molar-refractivity contribution is 9.08. The van der Waals surface area contributed by atoms with Crippen LogP contribution in [-0.4, -0.2) is 12.8 Å². The van der Waals surface area contributed by atoms with Gasteiger partial charge in [-0.3, -0.25) is 0 Å². The summed E-state index contributed by atoms with van der Waals surface area (Å²) in [5, 5.41) is 0.632. The summed E-state index contributed by atoms with van der Waals surface area (Å²) in [4.78, 5) is 0. The van der Waals surface area contributed by atoms with Gasteiger partial charge in [-0.05, 0) is 17.7 Å². The number of alkyl halides is 4. The Morgan fingerprint density at radius 2 is 1.79 bits per heavy atom. The van der Waals surface area contributed by atoms with Crippen molar-refractivity contribution in [2.75, 3.05) is 6.67 Å². The second kappa shape index (κ2) is 4.68. The summed E-state index contributed by atoms with van der Waals surface area (Å²) in [6, 6.07) is 6.00. The van der Waals surface area contributed by atoms with E-state index in [9.17, 15) is 13.2 Å². The number of ether oxygens (including phenoxy) is 1. The maximum atomic E-state index is 12.4. The molecule has 14 heavy (non-hydrogen) atoms. The van der Waals surface area contributed by atoms with Gasteiger partial charge in [-0.1, -0.05) is 28.1 Å². The zero-order chi connectivity index (χ0) is 10.6. The fraction of sp³-hybridized carbons (Fsp3) is 0.333. The normalized spacial score (nSPS) is 11.4. The lowest BCUT2D eigenvalue weighted by Gasteiger charge is -2.14. The van der Waals surface area contributed by atoms with Crippen LogP contribution in [0, 0.1) is 0 Å². The number of hydrogen-bond donors (Lipinski definition) is 0. The van der Waals surface area contributed by atoms with Gasteiger partial charge in [-0.25, -0.2) is 4.39 Å². The van der Waals surface area contributed by atoms with Crippen LogP contribution in [0.15, 0.2) is 24.3 Å². The van der Waals surface area contributed by atoms with Crippen LogP contribution in [0.3, 0.4) is 0 Å². The van der Waals surface area contributed by atoms with Crippen LogP contribution in [0.5, 0.6) is 5.75 Å². The molecule has 0 heterocycles. The highest BCUT2D eigenvalue weighted by atomic mass is 79.9. The molecule has 1 nitrogen and oxygen atoms in total. The van der Waals surface area contributed by atoms with E-state index >= 15 is 0 Å². The molecule has 0 saturated carbocycles. The first-order chi connectivity index (χ1) is 6.57. The van der Waals surface area contributed by atoms with Crippen LogP contribution in [0.2, 0.25) is 0 Å². The van der Waals surface area contributed by atoms with E-state index in [2.05, 4.69) is 20.7 Å². The molecule has 0 aliphatic carbocycles. The topological polar surface area (TPSA) is 9.23 Å². The van der Waals surface area contributed by atoms with E-state index in [0.717, 1.165) is 5.56 Å². The van der Waals surface area contributed by atoms with Crippen molar-refractivity contribution in [3.63, 3.8) is 0 Å². The van der Waals surface area contributed by atoms with Crippen LogP contribution < -0.4 is 4.74 Å². The van der Waals surface area contributed by atoms with Gasteiger partial charge >= 0.3 is 6.11 Å². The van der Waals surface area contributed by atoms with Gasteiger partial charge in [0.25, 0.3) is 0 Å². The average Bonchev–Trinajstić information content (AvgIpc) is 2.19. The minimum atomic E-state index is -3.74. The molecule has 0 radical (unpaired) electrons. The third-order valence-corrected chi connectivity index (χ3v) is 2.15. The van der Waals surface area contributed by atoms with Crippen molar-refractivity contribution in [2.24, 2.45) is 0 Å². The second-order valence-corrected chi connectivity index (χ2v) is 3.21. The van der Waals surface area contributed by atoms with Crippen LogP contribution in [0.4, 0.5) is 13.2 Å². The lowest BCUT2D eigenvalue weighted by atomic mass is 10.2. The Labute approximate surface area is 88.0 Å². The lowest BCUT2D eigenvalue weighted by Crippen LogP contribution is -2.26. The molecule has 0 bridgehead atoms. The molecule has 0 N–H and O–H groups in total. The van der Waals surface area contributed by atoms with Crippen molar-refractivity contribution >= 4 is 15.9 Å². The van der Waals surface area contributed by atoms with E-state index in [-0.39, 0.29) is 5.75 Å². The molecule has 0 amide bonds. The molecule has 1 rings (SSSR count). The standard InChI is InChI=1S/C9H8BrF3O/c10-5-7-1-3-8(4-2-7)14-9(12,13)6-11/h1-4H,5-6H2. The molecule has 0 fully saturated rings. The van der Waals surface area contributed by atoms with Gasteiger partial charge in [-0.2, -0.15) is 8.78 Å². The molecule has 0 aliphatic heterocycles. The molecule has 0 unspecified atom stereocenters. The summed E-state index contributed by atoms with van der Waals surface area (Å²) < 4.78 is 40.7. The van der Waals surface area contributed by atoms with E-state index in [1.807, 2.05) is 0 Å². The zero-order valence-electron chi connectivity index (χ0n) is 7.14. The molecule has 78 valence electrons. The molecule has 0 aliphatic rings. The highest BCUT2D eigenvalue weighted by Gasteiger charge is 2.31. The minimum absolute atomic E-state index is 0.0441. The number of benzene rings is 1. The predicted octanol–water partition coefficient (Wildman–Crippen LogP) is 3.52. The SMILES string of the molecule is FCC(F)(F)Oc1ccc(CBr)cc1. The van der Waals surface area contributed by atoms with Crippen molar-refractivity contribution in [3.05, 3.63) is 29.8 Å². The summed E-state index contributed by atoms with van der Waals surface area (Å²) in [7, 11) is 0. The Balaban J connectivity index is 2.69. The molecule has 0 atom stereocenters. The largest absolute Gasteiger partial charge is 0.431 e. The van der Waals surface area contributed by atoms with Gasteiger partial charge in [0.1, 0.15) is 5.75 Å². The Bertz CT molecular complexity index is 287. The summed E-state index contributed by atoms with van der Waals surface area (Å²) in [5.74, 6) is -0.0441. The van der Waals surface area contributed by atoms with Gasteiger partial charge in [0.05, 0.1) is 0 Å². The van der Waals surface area contributed by atoms with E-state index in [0.29, 0.717) is 5.33 Å². The first-order valence-electron chi connectivity index (χ1n) is 3.85. The van der Waals surface area contributed by atoms with Gasteiger partial charge in [-0.15, -0.1) is 0 Å². The first kappa shape index (κ1) is 11.4. The van der Waals surface area contributed by atoms with Crippen molar-refractivity contribution in [2.45, 2.75) is 11.4 Å². The molecule has 0 spiro atoms. The van der Waals surface area contributed by atoms with Crippen molar-refractivity contribution in [1.29, 1.82) is 0 Å². The molecular weight excluding hydrogens is 261 g/mol. The highest BCUT2D eigenvalue weighted by Crippen LogP contribution is 2.22. The average molecular weight is 269 g/mol. The Kier molecular flexibility index (Phi) is 3.80. The monoisotopic (exact) mass is 268 g/mol. The van der Waals surface area contributed by atoms with Crippen molar-refractivity contribution < 1.29 is 17.9 Å². The van der Waals surface area contributed by atoms with E-state index < -0.39 is 12.8 Å². The number of rotatable bonds is 4. The van der Waals surface area contributed by atoms with Crippen molar-refractivity contribution in [1.82, 2.24) is 0 Å². The number of halogens is 4. The third-order valence-electron chi connectivity index (χ3n) is 1.50. The van der Waals surface area contributed by atoms with Crippen molar-refractivity contribution in [3.8, 4) is 5.75 Å². The second-order valence-electron chi connectivity index (χ2n) is 2.65. The fourth-order valence-electron chi connectivity index (χ4n) is 0.846. The minimum Gasteiger partial charge on any atom is -0.431 e. The molecule has 1 aromatic carbocycles. The fourth-order valence-corrected chi connectivity index (χ4v) is 1.22. The first-order valence-corrected chi connectivity index (χ1v) is 4.97. The molecule has 5 heteroatoms. The Hall–Kier alpha value is -0.710. The zero-order valence-corrected chi connectivity index (χ0v) is 8.73. The molecule has 1 aromatic rings. The van der Waals surface area contributed by atoms with E-state index in [1.54, 1.807) is 12.1 Å². The van der Waals surface area contributed by atoms with Gasteiger partial charge in [0.2, 0.25) is 0 Å². The van der Waals surface area contributed by atoms with Gasteiger partial charge in [0.15, 0.2) is 6.67 Å². The van der Waals surface area contributed by atoms with E-state index in [1.165, 1.54) is 12.1 Å². The van der Waals surface area contributed by atoms with Crippen LogP contribution >= 0.6 is 15.9 Å². The smallest absolute Gasteiger partial charge is 0.427 e. The molecular formula is C9H8BrF3O. The third kappa shape index (κ3) is 3.21. The molecule has 0 saturated heterocycles. The summed E-state index contributed by atoms with van der Waals surface area (Å²) in [6.45, 7) is -1.83. The van der Waals surface area contributed by atoms with E-state index in [4.69, 9.17) is 0 Å². The quantitative estimate of drug-likeness (QED) is 0.760. The van der Waals surface area contributed by atoms with Crippen LogP contribution in [0.1, 0.15) is 5.56 Å². The maximum absolute atomic E-state index is 12.4. The predicted molar refractivity (Wildman–Crippen MR) is 50.6 cm³/mol.